The third-order valence-electron chi connectivity index (χ3n) is 4.87. The molecule has 2 saturated carbocycles. The number of hydrogen-bond acceptors (Lipinski definition) is 1. The van der Waals surface area contributed by atoms with Crippen molar-refractivity contribution in [1.82, 2.24) is 9.78 Å². The Hall–Kier alpha value is -0.310. The number of nitrogens with zero attached hydrogens (tertiary/aromatic N) is 2. The Balaban J connectivity index is 1.69. The molecule has 3 heteroatoms. The molecule has 2 aliphatic rings. The summed E-state index contributed by atoms with van der Waals surface area (Å²) in [6.45, 7) is 0. The van der Waals surface area contributed by atoms with Crippen molar-refractivity contribution in [2.45, 2.75) is 63.8 Å². The zero-order valence-corrected chi connectivity index (χ0v) is 12.7. The molecule has 0 aromatic carbocycles. The summed E-state index contributed by atoms with van der Waals surface area (Å²) in [4.78, 5) is 0. The zero-order valence-electron chi connectivity index (χ0n) is 11.1. The lowest BCUT2D eigenvalue weighted by atomic mass is 9.84. The minimum absolute atomic E-state index is 0.495. The Kier molecular flexibility index (Phi) is 3.78. The lowest BCUT2D eigenvalue weighted by molar-refractivity contribution is 0.339. The molecule has 1 heterocycles. The average Bonchev–Trinajstić information content (AvgIpc) is 3.10. The zero-order chi connectivity index (χ0) is 12.4. The van der Waals surface area contributed by atoms with Crippen LogP contribution in [0.1, 0.15) is 63.1 Å². The van der Waals surface area contributed by atoms with Crippen LogP contribution in [0.3, 0.4) is 0 Å². The third kappa shape index (κ3) is 2.52. The van der Waals surface area contributed by atoms with Gasteiger partial charge >= 0.3 is 0 Å². The van der Waals surface area contributed by atoms with Crippen molar-refractivity contribution in [3.05, 3.63) is 18.0 Å². The fourth-order valence-corrected chi connectivity index (χ4v) is 4.47. The van der Waals surface area contributed by atoms with E-state index in [9.17, 15) is 0 Å². The van der Waals surface area contributed by atoms with Gasteiger partial charge in [-0.2, -0.15) is 5.10 Å². The van der Waals surface area contributed by atoms with Gasteiger partial charge in [-0.25, -0.2) is 0 Å². The van der Waals surface area contributed by atoms with Crippen LogP contribution in [0, 0.1) is 5.41 Å². The first kappa shape index (κ1) is 12.7. The van der Waals surface area contributed by atoms with E-state index in [0.717, 1.165) is 11.8 Å². The van der Waals surface area contributed by atoms with Gasteiger partial charge in [0.05, 0.1) is 11.7 Å². The summed E-state index contributed by atoms with van der Waals surface area (Å²) in [6, 6.07) is 2.93. The molecule has 18 heavy (non-hydrogen) atoms. The van der Waals surface area contributed by atoms with Crippen molar-refractivity contribution in [3.8, 4) is 0 Å². The Morgan fingerprint density at radius 3 is 2.61 bits per heavy atom. The maximum atomic E-state index is 4.84. The molecule has 2 nitrogen and oxygen atoms in total. The molecular formula is C15H23BrN2. The van der Waals surface area contributed by atoms with E-state index in [-0.39, 0.29) is 0 Å². The van der Waals surface area contributed by atoms with Crippen molar-refractivity contribution in [1.29, 1.82) is 0 Å². The highest BCUT2D eigenvalue weighted by Gasteiger charge is 2.33. The second-order valence-electron chi connectivity index (χ2n) is 6.24. The molecule has 0 N–H and O–H groups in total. The molecule has 0 spiro atoms. The van der Waals surface area contributed by atoms with Crippen molar-refractivity contribution in [2.75, 3.05) is 5.33 Å². The Bertz CT molecular complexity index is 387. The van der Waals surface area contributed by atoms with Crippen molar-refractivity contribution in [2.24, 2.45) is 5.41 Å². The number of hydrogen-bond donors (Lipinski definition) is 0. The topological polar surface area (TPSA) is 17.8 Å². The molecule has 2 fully saturated rings. The van der Waals surface area contributed by atoms with E-state index in [4.69, 9.17) is 5.10 Å². The van der Waals surface area contributed by atoms with Gasteiger partial charge in [-0.05, 0) is 43.6 Å². The molecule has 1 aromatic rings. The van der Waals surface area contributed by atoms with E-state index in [1.807, 2.05) is 0 Å². The minimum atomic E-state index is 0.495. The first-order valence-electron chi connectivity index (χ1n) is 7.41. The molecule has 0 amide bonds. The minimum Gasteiger partial charge on any atom is -0.269 e. The van der Waals surface area contributed by atoms with Gasteiger partial charge in [-0.3, -0.25) is 4.68 Å². The number of halogens is 1. The highest BCUT2D eigenvalue weighted by Crippen LogP contribution is 2.42. The Morgan fingerprint density at radius 2 is 1.94 bits per heavy atom. The van der Waals surface area contributed by atoms with E-state index in [1.165, 1.54) is 57.1 Å². The van der Waals surface area contributed by atoms with Gasteiger partial charge in [0.1, 0.15) is 0 Å². The van der Waals surface area contributed by atoms with Gasteiger partial charge < -0.3 is 0 Å². The highest BCUT2D eigenvalue weighted by atomic mass is 79.9. The van der Waals surface area contributed by atoms with E-state index >= 15 is 0 Å². The second kappa shape index (κ2) is 5.36. The maximum Gasteiger partial charge on any atom is 0.0630 e. The summed E-state index contributed by atoms with van der Waals surface area (Å²) >= 11 is 3.73. The molecule has 0 atom stereocenters. The quantitative estimate of drug-likeness (QED) is 0.749. The van der Waals surface area contributed by atoms with Crippen molar-refractivity contribution < 1.29 is 0 Å². The summed E-state index contributed by atoms with van der Waals surface area (Å²) in [5.41, 5.74) is 1.80. The monoisotopic (exact) mass is 310 g/mol. The van der Waals surface area contributed by atoms with Gasteiger partial charge in [0, 0.05) is 11.5 Å². The third-order valence-corrected chi connectivity index (χ3v) is 6.06. The van der Waals surface area contributed by atoms with Crippen molar-refractivity contribution >= 4 is 15.9 Å². The van der Waals surface area contributed by atoms with Crippen LogP contribution in [0.25, 0.3) is 0 Å². The summed E-state index contributed by atoms with van der Waals surface area (Å²) < 4.78 is 2.24. The summed E-state index contributed by atoms with van der Waals surface area (Å²) in [7, 11) is 0. The van der Waals surface area contributed by atoms with Gasteiger partial charge in [-0.15, -0.1) is 0 Å². The van der Waals surface area contributed by atoms with Gasteiger partial charge in [0.25, 0.3) is 0 Å². The van der Waals surface area contributed by atoms with E-state index < -0.39 is 0 Å². The number of alkyl halides is 1. The number of rotatable bonds is 4. The first-order chi connectivity index (χ1) is 8.81. The standard InChI is InChI=1S/C15H23BrN2/c16-12-15(8-3-4-9-15)11-13-7-10-18(17-13)14-5-1-2-6-14/h7,10,14H,1-6,8-9,11-12H2. The fourth-order valence-electron chi connectivity index (χ4n) is 3.71. The molecule has 0 radical (unpaired) electrons. The molecule has 0 bridgehead atoms. The molecule has 2 aliphatic carbocycles. The molecular weight excluding hydrogens is 288 g/mol. The second-order valence-corrected chi connectivity index (χ2v) is 6.80. The normalized spacial score (nSPS) is 23.8. The average molecular weight is 311 g/mol. The molecule has 3 rings (SSSR count). The SMILES string of the molecule is BrCC1(Cc2ccn(C3CCCC3)n2)CCCC1. The van der Waals surface area contributed by atoms with Gasteiger partial charge in [0.2, 0.25) is 0 Å². The highest BCUT2D eigenvalue weighted by molar-refractivity contribution is 9.09. The van der Waals surface area contributed by atoms with Crippen LogP contribution < -0.4 is 0 Å². The van der Waals surface area contributed by atoms with Crippen LogP contribution >= 0.6 is 15.9 Å². The van der Waals surface area contributed by atoms with Crippen LogP contribution in [-0.2, 0) is 6.42 Å². The summed E-state index contributed by atoms with van der Waals surface area (Å²) in [5.74, 6) is 0. The van der Waals surface area contributed by atoms with Crippen LogP contribution in [0.4, 0.5) is 0 Å². The van der Waals surface area contributed by atoms with Crippen LogP contribution in [0.2, 0.25) is 0 Å². The van der Waals surface area contributed by atoms with E-state index in [0.29, 0.717) is 11.5 Å². The summed E-state index contributed by atoms with van der Waals surface area (Å²) in [6.07, 6.45) is 14.3. The van der Waals surface area contributed by atoms with Gasteiger partial charge in [-0.1, -0.05) is 41.6 Å². The predicted molar refractivity (Wildman–Crippen MR) is 78.1 cm³/mol. The largest absolute Gasteiger partial charge is 0.269 e. The van der Waals surface area contributed by atoms with E-state index in [2.05, 4.69) is 32.9 Å². The molecule has 0 unspecified atom stereocenters. The van der Waals surface area contributed by atoms with Gasteiger partial charge in [0.15, 0.2) is 0 Å². The smallest absolute Gasteiger partial charge is 0.0630 e. The van der Waals surface area contributed by atoms with Crippen molar-refractivity contribution in [3.63, 3.8) is 0 Å². The van der Waals surface area contributed by atoms with Crippen LogP contribution in [0.15, 0.2) is 12.3 Å². The van der Waals surface area contributed by atoms with E-state index in [1.54, 1.807) is 0 Å². The maximum absolute atomic E-state index is 4.84. The molecule has 1 aromatic heterocycles. The summed E-state index contributed by atoms with van der Waals surface area (Å²) in [5, 5.41) is 5.98. The molecule has 0 saturated heterocycles. The first-order valence-corrected chi connectivity index (χ1v) is 8.54. The number of aromatic nitrogens is 2. The lowest BCUT2D eigenvalue weighted by Crippen LogP contribution is -2.22. The predicted octanol–water partition coefficient (Wildman–Crippen LogP) is 4.50. The molecule has 100 valence electrons. The fraction of sp³-hybridized carbons (Fsp3) is 0.800. The van der Waals surface area contributed by atoms with Crippen LogP contribution in [0.5, 0.6) is 0 Å². The van der Waals surface area contributed by atoms with Crippen LogP contribution in [-0.4, -0.2) is 15.1 Å². The molecule has 0 aliphatic heterocycles. The Morgan fingerprint density at radius 1 is 1.22 bits per heavy atom. The Labute approximate surface area is 118 Å². The lowest BCUT2D eigenvalue weighted by Gasteiger charge is -2.25.